The molecule has 128 valence electrons. The van der Waals surface area contributed by atoms with Gasteiger partial charge in [0.25, 0.3) is 0 Å². The number of aromatic nitrogens is 1. The van der Waals surface area contributed by atoms with E-state index in [9.17, 15) is 9.90 Å². The average Bonchev–Trinajstić information content (AvgIpc) is 2.99. The molecule has 1 aliphatic heterocycles. The number of carboxylic acids is 1. The van der Waals surface area contributed by atoms with Crippen molar-refractivity contribution >= 4 is 17.3 Å². The fourth-order valence-corrected chi connectivity index (χ4v) is 4.46. The average molecular weight is 344 g/mol. The Morgan fingerprint density at radius 2 is 2.04 bits per heavy atom. The van der Waals surface area contributed by atoms with E-state index in [-0.39, 0.29) is 12.3 Å². The Kier molecular flexibility index (Phi) is 5.63. The van der Waals surface area contributed by atoms with Crippen molar-refractivity contribution in [2.24, 2.45) is 5.92 Å². The van der Waals surface area contributed by atoms with Gasteiger partial charge >= 0.3 is 5.97 Å². The Morgan fingerprint density at radius 3 is 2.62 bits per heavy atom. The van der Waals surface area contributed by atoms with E-state index in [4.69, 9.17) is 0 Å². The largest absolute Gasteiger partial charge is 0.481 e. The molecule has 0 radical (unpaired) electrons. The van der Waals surface area contributed by atoms with Crippen molar-refractivity contribution in [3.63, 3.8) is 0 Å². The predicted molar refractivity (Wildman–Crippen MR) is 96.3 cm³/mol. The molecule has 1 aliphatic rings. The first kappa shape index (κ1) is 17.1. The van der Waals surface area contributed by atoms with Gasteiger partial charge in [0.2, 0.25) is 0 Å². The van der Waals surface area contributed by atoms with E-state index < -0.39 is 5.97 Å². The molecular weight excluding hydrogens is 320 g/mol. The molecule has 0 amide bonds. The van der Waals surface area contributed by atoms with Gasteiger partial charge in [0.05, 0.1) is 17.6 Å². The molecule has 2 aromatic rings. The van der Waals surface area contributed by atoms with Crippen LogP contribution in [0.15, 0.2) is 35.8 Å². The third-order valence-corrected chi connectivity index (χ3v) is 5.96. The highest BCUT2D eigenvalue weighted by molar-refractivity contribution is 7.09. The van der Waals surface area contributed by atoms with Gasteiger partial charge in [0.1, 0.15) is 0 Å². The van der Waals surface area contributed by atoms with E-state index in [1.807, 2.05) is 23.7 Å². The van der Waals surface area contributed by atoms with Crippen LogP contribution < -0.4 is 0 Å². The smallest absolute Gasteiger partial charge is 0.303 e. The van der Waals surface area contributed by atoms with Crippen LogP contribution in [0, 0.1) is 12.8 Å². The third kappa shape index (κ3) is 4.22. The summed E-state index contributed by atoms with van der Waals surface area (Å²) in [6.45, 7) is 5.10. The van der Waals surface area contributed by atoms with Gasteiger partial charge < -0.3 is 5.11 Å². The summed E-state index contributed by atoms with van der Waals surface area (Å²) in [4.78, 5) is 19.5. The number of hydrogen-bond donors (Lipinski definition) is 1. The van der Waals surface area contributed by atoms with E-state index in [0.29, 0.717) is 5.92 Å². The van der Waals surface area contributed by atoms with Gasteiger partial charge in [-0.25, -0.2) is 4.98 Å². The molecule has 3 rings (SSSR count). The molecule has 0 saturated carbocycles. The lowest BCUT2D eigenvalue weighted by molar-refractivity contribution is -0.137. The molecule has 1 saturated heterocycles. The summed E-state index contributed by atoms with van der Waals surface area (Å²) in [6.07, 6.45) is 2.35. The summed E-state index contributed by atoms with van der Waals surface area (Å²) < 4.78 is 0. The zero-order chi connectivity index (χ0) is 16.9. The molecule has 2 heterocycles. The lowest BCUT2D eigenvalue weighted by atomic mass is 9.78. The van der Waals surface area contributed by atoms with Gasteiger partial charge in [-0.2, -0.15) is 0 Å². The molecule has 5 heteroatoms. The number of benzene rings is 1. The summed E-state index contributed by atoms with van der Waals surface area (Å²) in [5, 5.41) is 9.31. The lowest BCUT2D eigenvalue weighted by Gasteiger charge is -2.35. The van der Waals surface area contributed by atoms with Gasteiger partial charge in [-0.05, 0) is 50.3 Å². The molecule has 1 atom stereocenters. The molecule has 1 N–H and O–H groups in total. The minimum atomic E-state index is -0.702. The van der Waals surface area contributed by atoms with Gasteiger partial charge in [-0.3, -0.25) is 9.69 Å². The lowest BCUT2D eigenvalue weighted by Crippen LogP contribution is -2.35. The van der Waals surface area contributed by atoms with E-state index >= 15 is 0 Å². The zero-order valence-corrected chi connectivity index (χ0v) is 14.8. The first-order chi connectivity index (χ1) is 11.6. The van der Waals surface area contributed by atoms with Crippen LogP contribution in [0.3, 0.4) is 0 Å². The number of aryl methyl sites for hydroxylation is 1. The molecule has 4 nitrogen and oxygen atoms in total. The van der Waals surface area contributed by atoms with Crippen molar-refractivity contribution in [2.45, 2.75) is 38.6 Å². The molecule has 0 spiro atoms. The summed E-state index contributed by atoms with van der Waals surface area (Å²) in [5.41, 5.74) is 4.21. The normalized spacial score (nSPS) is 17.7. The number of carbonyl (C=O) groups is 1. The van der Waals surface area contributed by atoms with Gasteiger partial charge in [-0.15, -0.1) is 11.3 Å². The Balaban J connectivity index is 1.62. The number of carboxylic acid groups (broad SMARTS) is 1. The highest BCUT2D eigenvalue weighted by Gasteiger charge is 2.29. The number of piperidine rings is 1. The Morgan fingerprint density at radius 1 is 1.33 bits per heavy atom. The molecule has 1 aromatic carbocycles. The number of hydrogen-bond acceptors (Lipinski definition) is 4. The Hall–Kier alpha value is -1.72. The molecule has 1 aromatic heterocycles. The molecule has 1 fully saturated rings. The zero-order valence-electron chi connectivity index (χ0n) is 14.0. The van der Waals surface area contributed by atoms with Crippen molar-refractivity contribution < 1.29 is 9.90 Å². The Bertz CT molecular complexity index is 663. The number of nitrogens with zero attached hydrogens (tertiary/aromatic N) is 2. The highest BCUT2D eigenvalue weighted by atomic mass is 32.1. The monoisotopic (exact) mass is 344 g/mol. The van der Waals surface area contributed by atoms with Crippen LogP contribution in [-0.2, 0) is 11.3 Å². The predicted octanol–water partition coefficient (Wildman–Crippen LogP) is 3.92. The quantitative estimate of drug-likeness (QED) is 0.863. The highest BCUT2D eigenvalue weighted by Crippen LogP contribution is 2.35. The molecule has 0 bridgehead atoms. The topological polar surface area (TPSA) is 53.4 Å². The van der Waals surface area contributed by atoms with Crippen LogP contribution in [0.5, 0.6) is 0 Å². The number of thiazole rings is 1. The summed E-state index contributed by atoms with van der Waals surface area (Å²) in [5.74, 6) is -0.134. The van der Waals surface area contributed by atoms with Crippen molar-refractivity contribution in [2.75, 3.05) is 13.1 Å². The number of aliphatic carboxylic acids is 1. The molecule has 1 unspecified atom stereocenters. The van der Waals surface area contributed by atoms with Crippen LogP contribution in [-0.4, -0.2) is 34.0 Å². The second kappa shape index (κ2) is 7.90. The summed E-state index contributed by atoms with van der Waals surface area (Å²) >= 11 is 1.73. The third-order valence-electron chi connectivity index (χ3n) is 5.04. The van der Waals surface area contributed by atoms with E-state index in [0.717, 1.165) is 43.7 Å². The fourth-order valence-electron chi connectivity index (χ4n) is 3.64. The van der Waals surface area contributed by atoms with Gasteiger partial charge in [0, 0.05) is 11.4 Å². The van der Waals surface area contributed by atoms with Crippen LogP contribution >= 0.6 is 11.3 Å². The summed E-state index contributed by atoms with van der Waals surface area (Å²) in [7, 11) is 0. The second-order valence-corrected chi connectivity index (χ2v) is 7.53. The molecule has 24 heavy (non-hydrogen) atoms. The van der Waals surface area contributed by atoms with Crippen LogP contribution in [0.4, 0.5) is 0 Å². The summed E-state index contributed by atoms with van der Waals surface area (Å²) in [6, 6.07) is 10.1. The van der Waals surface area contributed by atoms with Crippen LogP contribution in [0.1, 0.15) is 41.3 Å². The first-order valence-electron chi connectivity index (χ1n) is 8.51. The van der Waals surface area contributed by atoms with Gasteiger partial charge in [-0.1, -0.05) is 30.3 Å². The first-order valence-corrected chi connectivity index (χ1v) is 9.39. The van der Waals surface area contributed by atoms with E-state index in [2.05, 4.69) is 28.9 Å². The fraction of sp³-hybridized carbons (Fsp3) is 0.474. The van der Waals surface area contributed by atoms with E-state index in [1.165, 1.54) is 4.88 Å². The van der Waals surface area contributed by atoms with Crippen molar-refractivity contribution in [1.82, 2.24) is 9.88 Å². The minimum Gasteiger partial charge on any atom is -0.481 e. The number of rotatable bonds is 6. The van der Waals surface area contributed by atoms with Crippen molar-refractivity contribution in [3.8, 4) is 0 Å². The maximum atomic E-state index is 11.3. The molecular formula is C19H24N2O2S. The molecule has 0 aliphatic carbocycles. The van der Waals surface area contributed by atoms with Crippen LogP contribution in [0.25, 0.3) is 0 Å². The number of likely N-dealkylation sites (tertiary alicyclic amines) is 1. The maximum absolute atomic E-state index is 11.3. The van der Waals surface area contributed by atoms with Crippen LogP contribution in [0.2, 0.25) is 0 Å². The SMILES string of the molecule is Cc1ncsc1CN1CCC(C(CC(=O)O)c2ccccc2)CC1. The second-order valence-electron chi connectivity index (χ2n) is 6.59. The minimum absolute atomic E-state index is 0.121. The van der Waals surface area contributed by atoms with Gasteiger partial charge in [0.15, 0.2) is 0 Å². The Labute approximate surface area is 147 Å². The van der Waals surface area contributed by atoms with Crippen molar-refractivity contribution in [3.05, 3.63) is 52.0 Å². The maximum Gasteiger partial charge on any atom is 0.303 e. The standard InChI is InChI=1S/C19H24N2O2S/c1-14-18(24-13-20-14)12-21-9-7-16(8-10-21)17(11-19(22)23)15-5-3-2-4-6-15/h2-6,13,16-17H,7-12H2,1H3,(H,22,23). The van der Waals surface area contributed by atoms with E-state index in [1.54, 1.807) is 11.3 Å². The van der Waals surface area contributed by atoms with Crippen molar-refractivity contribution in [1.29, 1.82) is 0 Å².